The molecule has 0 saturated carbocycles. The molecule has 1 aromatic rings. The molecule has 9 nitrogen and oxygen atoms in total. The number of aromatic amines is 1. The molecule has 0 unspecified atom stereocenters. The smallest absolute Gasteiger partial charge is 0.328 e. The number of rotatable bonds is 9. The van der Waals surface area contributed by atoms with Crippen LogP contribution in [0, 0.1) is 5.92 Å². The second-order valence-electron chi connectivity index (χ2n) is 5.80. The third-order valence-corrected chi connectivity index (χ3v) is 3.31. The molecule has 26 heavy (non-hydrogen) atoms. The highest BCUT2D eigenvalue weighted by molar-refractivity contribution is 8.93. The van der Waals surface area contributed by atoms with Crippen LogP contribution in [0.4, 0.5) is 0 Å². The van der Waals surface area contributed by atoms with Crippen molar-refractivity contribution in [1.29, 1.82) is 0 Å². The summed E-state index contributed by atoms with van der Waals surface area (Å²) in [4.78, 5) is 42.8. The number of aromatic nitrogens is 2. The molecule has 1 heterocycles. The third-order valence-electron chi connectivity index (χ3n) is 3.31. The zero-order valence-electron chi connectivity index (χ0n) is 15.0. The van der Waals surface area contributed by atoms with Crippen molar-refractivity contribution in [2.75, 3.05) is 13.7 Å². The summed E-state index contributed by atoms with van der Waals surface area (Å²) in [5, 5.41) is 5.17. The number of nitrogens with zero attached hydrogens (tertiary/aromatic N) is 1. The first-order valence-electron chi connectivity index (χ1n) is 7.72. The Morgan fingerprint density at radius 2 is 1.88 bits per heavy atom. The monoisotopic (exact) mass is 499 g/mol. The number of esters is 1. The fourth-order valence-electron chi connectivity index (χ4n) is 2.17. The Balaban J connectivity index is 0. The van der Waals surface area contributed by atoms with E-state index in [9.17, 15) is 14.4 Å². The predicted molar refractivity (Wildman–Crippen MR) is 107 cm³/mol. The summed E-state index contributed by atoms with van der Waals surface area (Å²) in [5.41, 5.74) is 5.89. The Morgan fingerprint density at radius 1 is 1.23 bits per heavy atom. The number of ether oxygens (including phenoxy) is 1. The van der Waals surface area contributed by atoms with E-state index >= 15 is 0 Å². The van der Waals surface area contributed by atoms with Crippen LogP contribution < -0.4 is 16.4 Å². The first-order chi connectivity index (χ1) is 11.4. The van der Waals surface area contributed by atoms with Gasteiger partial charge in [0.2, 0.25) is 11.8 Å². The second kappa shape index (κ2) is 13.7. The van der Waals surface area contributed by atoms with Crippen molar-refractivity contribution in [3.63, 3.8) is 0 Å². The van der Waals surface area contributed by atoms with E-state index in [4.69, 9.17) is 10.5 Å². The number of carbonyl (C=O) groups excluding carboxylic acids is 3. The summed E-state index contributed by atoms with van der Waals surface area (Å²) < 4.78 is 4.72. The lowest BCUT2D eigenvalue weighted by Gasteiger charge is -2.22. The van der Waals surface area contributed by atoms with E-state index in [-0.39, 0.29) is 52.8 Å². The van der Waals surface area contributed by atoms with Gasteiger partial charge in [-0.3, -0.25) is 9.59 Å². The Bertz CT molecular complexity index is 554. The lowest BCUT2D eigenvalue weighted by molar-refractivity contribution is -0.145. The molecule has 11 heteroatoms. The van der Waals surface area contributed by atoms with E-state index in [0.717, 1.165) is 0 Å². The van der Waals surface area contributed by atoms with Crippen LogP contribution in [0.5, 0.6) is 0 Å². The Labute approximate surface area is 173 Å². The van der Waals surface area contributed by atoms with Gasteiger partial charge in [0.25, 0.3) is 0 Å². The number of halogens is 2. The van der Waals surface area contributed by atoms with Crippen LogP contribution >= 0.6 is 34.0 Å². The topological polar surface area (TPSA) is 139 Å². The summed E-state index contributed by atoms with van der Waals surface area (Å²) in [5.74, 6) is -1.31. The highest BCUT2D eigenvalue weighted by Crippen LogP contribution is 2.07. The van der Waals surface area contributed by atoms with Gasteiger partial charge in [-0.1, -0.05) is 13.8 Å². The Kier molecular flexibility index (Phi) is 14.1. The minimum atomic E-state index is -0.885. The molecule has 0 fully saturated rings. The predicted octanol–water partition coefficient (Wildman–Crippen LogP) is 0.255. The number of hydrogen-bond acceptors (Lipinski definition) is 6. The van der Waals surface area contributed by atoms with Crippen LogP contribution in [0.25, 0.3) is 0 Å². The van der Waals surface area contributed by atoms with Crippen molar-refractivity contribution < 1.29 is 19.1 Å². The van der Waals surface area contributed by atoms with Crippen LogP contribution in [0.15, 0.2) is 12.5 Å². The van der Waals surface area contributed by atoms with Gasteiger partial charge in [0.15, 0.2) is 0 Å². The van der Waals surface area contributed by atoms with E-state index in [1.807, 2.05) is 13.8 Å². The lowest BCUT2D eigenvalue weighted by atomic mass is 10.0. The summed E-state index contributed by atoms with van der Waals surface area (Å²) in [6.07, 6.45) is 3.71. The van der Waals surface area contributed by atoms with Gasteiger partial charge in [-0.05, 0) is 12.3 Å². The van der Waals surface area contributed by atoms with Gasteiger partial charge in [0.1, 0.15) is 12.1 Å². The standard InChI is InChI=1S/C15H25N5O4.2BrH/c1-9(2)4-12(15(23)24-3)20-14(22)11(19-13(21)6-16)5-10-7-17-8-18-10;;/h7-9,11-12H,4-6,16H2,1-3H3,(H,17,18)(H,19,21)(H,20,22);2*1H/t11-,12-;;/m0../s1. The van der Waals surface area contributed by atoms with Crippen LogP contribution in [-0.4, -0.2) is 53.5 Å². The Morgan fingerprint density at radius 3 is 2.35 bits per heavy atom. The number of imidazole rings is 1. The van der Waals surface area contributed by atoms with Crippen molar-refractivity contribution in [3.05, 3.63) is 18.2 Å². The molecule has 1 rings (SSSR count). The molecule has 0 aliphatic rings. The number of H-pyrrole nitrogens is 1. The van der Waals surface area contributed by atoms with Gasteiger partial charge in [0.05, 0.1) is 25.7 Å². The van der Waals surface area contributed by atoms with Crippen molar-refractivity contribution in [3.8, 4) is 0 Å². The molecule has 2 amide bonds. The van der Waals surface area contributed by atoms with Crippen LogP contribution in [-0.2, 0) is 25.5 Å². The molecule has 2 atom stereocenters. The zero-order chi connectivity index (χ0) is 18.1. The number of amides is 2. The van der Waals surface area contributed by atoms with E-state index < -0.39 is 29.9 Å². The molecule has 0 aliphatic carbocycles. The highest BCUT2D eigenvalue weighted by Gasteiger charge is 2.28. The fraction of sp³-hybridized carbons (Fsp3) is 0.600. The molecule has 0 aliphatic heterocycles. The molecule has 0 radical (unpaired) electrons. The van der Waals surface area contributed by atoms with Gasteiger partial charge >= 0.3 is 5.97 Å². The third kappa shape index (κ3) is 9.30. The first-order valence-corrected chi connectivity index (χ1v) is 7.72. The van der Waals surface area contributed by atoms with Crippen LogP contribution in [0.3, 0.4) is 0 Å². The summed E-state index contributed by atoms with van der Waals surface area (Å²) >= 11 is 0. The number of nitrogens with one attached hydrogen (secondary N) is 3. The van der Waals surface area contributed by atoms with Gasteiger partial charge < -0.3 is 26.1 Å². The van der Waals surface area contributed by atoms with Crippen molar-refractivity contribution in [2.45, 2.75) is 38.8 Å². The molecule has 0 saturated heterocycles. The average molecular weight is 501 g/mol. The number of hydrogen-bond donors (Lipinski definition) is 4. The second-order valence-corrected chi connectivity index (χ2v) is 5.80. The van der Waals surface area contributed by atoms with Crippen molar-refractivity contribution in [2.24, 2.45) is 11.7 Å². The number of nitrogens with two attached hydrogens (primary N) is 1. The largest absolute Gasteiger partial charge is 0.467 e. The SMILES string of the molecule is Br.Br.COC(=O)[C@H](CC(C)C)NC(=O)[C@H](Cc1c[nH]cn1)NC(=O)CN. The van der Waals surface area contributed by atoms with E-state index in [0.29, 0.717) is 12.1 Å². The highest BCUT2D eigenvalue weighted by atomic mass is 79.9. The lowest BCUT2D eigenvalue weighted by Crippen LogP contribution is -2.53. The van der Waals surface area contributed by atoms with E-state index in [1.54, 1.807) is 6.20 Å². The van der Waals surface area contributed by atoms with E-state index in [1.165, 1.54) is 13.4 Å². The molecule has 0 aromatic carbocycles. The van der Waals surface area contributed by atoms with Crippen molar-refractivity contribution >= 4 is 51.7 Å². The molecule has 0 bridgehead atoms. The zero-order valence-corrected chi connectivity index (χ0v) is 18.4. The fourth-order valence-corrected chi connectivity index (χ4v) is 2.17. The normalized spacial score (nSPS) is 12.2. The minimum absolute atomic E-state index is 0. The maximum atomic E-state index is 12.5. The van der Waals surface area contributed by atoms with Gasteiger partial charge in [-0.2, -0.15) is 0 Å². The van der Waals surface area contributed by atoms with Crippen LogP contribution in [0.2, 0.25) is 0 Å². The molecule has 0 spiro atoms. The number of carbonyl (C=O) groups is 3. The van der Waals surface area contributed by atoms with Gasteiger partial charge in [-0.25, -0.2) is 9.78 Å². The van der Waals surface area contributed by atoms with Gasteiger partial charge in [0, 0.05) is 12.6 Å². The molecule has 1 aromatic heterocycles. The van der Waals surface area contributed by atoms with Crippen molar-refractivity contribution in [1.82, 2.24) is 20.6 Å². The Hall–Kier alpha value is -1.46. The minimum Gasteiger partial charge on any atom is -0.467 e. The summed E-state index contributed by atoms with van der Waals surface area (Å²) in [6.45, 7) is 3.62. The molecule has 150 valence electrons. The summed E-state index contributed by atoms with van der Waals surface area (Å²) in [7, 11) is 1.26. The summed E-state index contributed by atoms with van der Waals surface area (Å²) in [6, 6.07) is -1.66. The van der Waals surface area contributed by atoms with Gasteiger partial charge in [-0.15, -0.1) is 34.0 Å². The molecular formula is C15H27Br2N5O4. The average Bonchev–Trinajstić information content (AvgIpc) is 3.05. The quantitative estimate of drug-likeness (QED) is 0.358. The molecular weight excluding hydrogens is 474 g/mol. The number of methoxy groups -OCH3 is 1. The van der Waals surface area contributed by atoms with E-state index in [2.05, 4.69) is 20.6 Å². The first kappa shape index (κ1) is 26.8. The van der Waals surface area contributed by atoms with Crippen LogP contribution in [0.1, 0.15) is 26.0 Å². The molecule has 5 N–H and O–H groups in total. The maximum Gasteiger partial charge on any atom is 0.328 e. The maximum absolute atomic E-state index is 12.5.